The quantitative estimate of drug-likeness (QED) is 0.450. The first kappa shape index (κ1) is 20.4. The van der Waals surface area contributed by atoms with Crippen molar-refractivity contribution in [2.24, 2.45) is 4.99 Å². The maximum atomic E-state index is 5.38. The van der Waals surface area contributed by atoms with Crippen LogP contribution in [-0.2, 0) is 19.5 Å². The van der Waals surface area contributed by atoms with Gasteiger partial charge in [-0.05, 0) is 41.8 Å². The van der Waals surface area contributed by atoms with E-state index in [1.807, 2.05) is 42.5 Å². The van der Waals surface area contributed by atoms with Gasteiger partial charge in [0.15, 0.2) is 11.8 Å². The summed E-state index contributed by atoms with van der Waals surface area (Å²) in [6.45, 7) is 3.40. The van der Waals surface area contributed by atoms with E-state index in [4.69, 9.17) is 9.26 Å². The van der Waals surface area contributed by atoms with Crippen molar-refractivity contribution >= 4 is 5.96 Å². The van der Waals surface area contributed by atoms with Crippen LogP contribution < -0.4 is 15.4 Å². The number of nitrogens with one attached hydrogen (secondary N) is 2. The molecule has 0 radical (unpaired) electrons. The number of aromatic nitrogens is 2. The summed E-state index contributed by atoms with van der Waals surface area (Å²) in [6, 6.07) is 16.0. The summed E-state index contributed by atoms with van der Waals surface area (Å²) in [5.74, 6) is 2.87. The van der Waals surface area contributed by atoms with Crippen molar-refractivity contribution in [1.29, 1.82) is 0 Å². The number of nitrogens with zero attached hydrogens (tertiary/aromatic N) is 3. The summed E-state index contributed by atoms with van der Waals surface area (Å²) in [7, 11) is 3.42. The summed E-state index contributed by atoms with van der Waals surface area (Å²) in [6.07, 6.45) is 1.81. The first-order chi connectivity index (χ1) is 14.2. The maximum Gasteiger partial charge on any atom is 0.257 e. The Morgan fingerprint density at radius 2 is 1.83 bits per heavy atom. The highest BCUT2D eigenvalue weighted by atomic mass is 16.5. The minimum absolute atomic E-state index is 0.553. The standard InChI is InChI=1S/C22H27N5O2/c1-4-6-20-26-21(29-27-20)18-8-5-7-17(13-18)15-25-22(23-2)24-14-16-9-11-19(28-3)12-10-16/h5,7-13H,4,6,14-15H2,1-3H3,(H2,23,24,25). The van der Waals surface area contributed by atoms with Crippen molar-refractivity contribution in [1.82, 2.24) is 20.8 Å². The van der Waals surface area contributed by atoms with E-state index in [1.54, 1.807) is 14.2 Å². The topological polar surface area (TPSA) is 84.6 Å². The largest absolute Gasteiger partial charge is 0.497 e. The Hall–Kier alpha value is -3.35. The van der Waals surface area contributed by atoms with Crippen LogP contribution in [0.3, 0.4) is 0 Å². The minimum atomic E-state index is 0.553. The average molecular weight is 393 g/mol. The molecule has 2 aromatic carbocycles. The van der Waals surface area contributed by atoms with E-state index in [9.17, 15) is 0 Å². The molecule has 0 bridgehead atoms. The van der Waals surface area contributed by atoms with E-state index in [-0.39, 0.29) is 0 Å². The Labute approximate surface area is 171 Å². The van der Waals surface area contributed by atoms with Gasteiger partial charge < -0.3 is 19.9 Å². The number of rotatable bonds is 8. The van der Waals surface area contributed by atoms with Crippen molar-refractivity contribution in [3.05, 3.63) is 65.5 Å². The summed E-state index contributed by atoms with van der Waals surface area (Å²) in [5, 5.41) is 10.7. The third kappa shape index (κ3) is 5.81. The molecule has 0 saturated heterocycles. The molecule has 29 heavy (non-hydrogen) atoms. The molecule has 3 aromatic rings. The normalized spacial score (nSPS) is 11.3. The van der Waals surface area contributed by atoms with Gasteiger partial charge in [-0.1, -0.05) is 36.3 Å². The Bertz CT molecular complexity index is 934. The number of ether oxygens (including phenoxy) is 1. The lowest BCUT2D eigenvalue weighted by Gasteiger charge is -2.12. The van der Waals surface area contributed by atoms with Gasteiger partial charge in [-0.3, -0.25) is 4.99 Å². The first-order valence-electron chi connectivity index (χ1n) is 9.71. The molecule has 0 atom stereocenters. The molecule has 0 amide bonds. The fraction of sp³-hybridized carbons (Fsp3) is 0.318. The molecule has 7 heteroatoms. The van der Waals surface area contributed by atoms with Gasteiger partial charge in [0.05, 0.1) is 7.11 Å². The Morgan fingerprint density at radius 3 is 2.52 bits per heavy atom. The first-order valence-corrected chi connectivity index (χ1v) is 9.71. The van der Waals surface area contributed by atoms with E-state index in [1.165, 1.54) is 0 Å². The van der Waals surface area contributed by atoms with Gasteiger partial charge in [-0.25, -0.2) is 0 Å². The molecule has 0 aliphatic heterocycles. The zero-order chi connectivity index (χ0) is 20.5. The van der Waals surface area contributed by atoms with Gasteiger partial charge in [0.2, 0.25) is 0 Å². The lowest BCUT2D eigenvalue weighted by atomic mass is 10.1. The molecule has 7 nitrogen and oxygen atoms in total. The van der Waals surface area contributed by atoms with E-state index in [2.05, 4.69) is 38.8 Å². The van der Waals surface area contributed by atoms with Crippen LogP contribution in [0, 0.1) is 0 Å². The summed E-state index contributed by atoms with van der Waals surface area (Å²) >= 11 is 0. The van der Waals surface area contributed by atoms with E-state index < -0.39 is 0 Å². The molecule has 0 aliphatic carbocycles. The van der Waals surface area contributed by atoms with Gasteiger partial charge in [0, 0.05) is 32.1 Å². The van der Waals surface area contributed by atoms with Gasteiger partial charge in [-0.15, -0.1) is 0 Å². The number of hydrogen-bond donors (Lipinski definition) is 2. The molecule has 0 aliphatic rings. The van der Waals surface area contributed by atoms with Crippen LogP contribution in [0.5, 0.6) is 5.75 Å². The SMILES string of the molecule is CCCc1noc(-c2cccc(CNC(=NC)NCc3ccc(OC)cc3)c2)n1. The van der Waals surface area contributed by atoms with Gasteiger partial charge in [0.25, 0.3) is 5.89 Å². The Balaban J connectivity index is 1.56. The van der Waals surface area contributed by atoms with Gasteiger partial charge in [0.1, 0.15) is 5.75 Å². The van der Waals surface area contributed by atoms with Crippen LogP contribution in [0.4, 0.5) is 0 Å². The molecular formula is C22H27N5O2. The molecular weight excluding hydrogens is 366 g/mol. The second-order valence-electron chi connectivity index (χ2n) is 6.59. The third-order valence-electron chi connectivity index (χ3n) is 4.42. The molecule has 0 spiro atoms. The van der Waals surface area contributed by atoms with Crippen molar-refractivity contribution in [2.45, 2.75) is 32.9 Å². The predicted molar refractivity (Wildman–Crippen MR) is 114 cm³/mol. The number of benzene rings is 2. The summed E-state index contributed by atoms with van der Waals surface area (Å²) in [5.41, 5.74) is 3.17. The molecule has 1 aromatic heterocycles. The van der Waals surface area contributed by atoms with Crippen LogP contribution in [0.2, 0.25) is 0 Å². The molecule has 152 valence electrons. The molecule has 1 heterocycles. The van der Waals surface area contributed by atoms with Crippen molar-refractivity contribution in [2.75, 3.05) is 14.2 Å². The van der Waals surface area contributed by atoms with Crippen LogP contribution in [0.15, 0.2) is 58.0 Å². The van der Waals surface area contributed by atoms with Crippen LogP contribution in [0.1, 0.15) is 30.3 Å². The number of methoxy groups -OCH3 is 1. The zero-order valence-corrected chi connectivity index (χ0v) is 17.1. The smallest absolute Gasteiger partial charge is 0.257 e. The van der Waals surface area contributed by atoms with Crippen LogP contribution in [0.25, 0.3) is 11.5 Å². The lowest BCUT2D eigenvalue weighted by Crippen LogP contribution is -2.36. The number of hydrogen-bond acceptors (Lipinski definition) is 5. The minimum Gasteiger partial charge on any atom is -0.497 e. The lowest BCUT2D eigenvalue weighted by molar-refractivity contribution is 0.414. The van der Waals surface area contributed by atoms with E-state index in [0.29, 0.717) is 19.0 Å². The number of aryl methyl sites for hydroxylation is 1. The van der Waals surface area contributed by atoms with Crippen molar-refractivity contribution in [3.63, 3.8) is 0 Å². The average Bonchev–Trinajstić information content (AvgIpc) is 3.23. The molecule has 2 N–H and O–H groups in total. The van der Waals surface area contributed by atoms with Crippen molar-refractivity contribution in [3.8, 4) is 17.2 Å². The van der Waals surface area contributed by atoms with Gasteiger partial charge in [-0.2, -0.15) is 4.98 Å². The summed E-state index contributed by atoms with van der Waals surface area (Å²) < 4.78 is 10.6. The highest BCUT2D eigenvalue weighted by Crippen LogP contribution is 2.19. The number of aliphatic imine (C=N–C) groups is 1. The van der Waals surface area contributed by atoms with E-state index >= 15 is 0 Å². The second-order valence-corrected chi connectivity index (χ2v) is 6.59. The Morgan fingerprint density at radius 1 is 1.07 bits per heavy atom. The molecule has 0 saturated carbocycles. The fourth-order valence-corrected chi connectivity index (χ4v) is 2.85. The Kier molecular flexibility index (Phi) is 7.22. The summed E-state index contributed by atoms with van der Waals surface area (Å²) in [4.78, 5) is 8.74. The maximum absolute atomic E-state index is 5.38. The van der Waals surface area contributed by atoms with Crippen LogP contribution in [-0.4, -0.2) is 30.3 Å². The molecule has 0 fully saturated rings. The highest BCUT2D eigenvalue weighted by molar-refractivity contribution is 5.79. The van der Waals surface area contributed by atoms with E-state index in [0.717, 1.165) is 47.1 Å². The van der Waals surface area contributed by atoms with Crippen LogP contribution >= 0.6 is 0 Å². The predicted octanol–water partition coefficient (Wildman–Crippen LogP) is 3.56. The van der Waals surface area contributed by atoms with Gasteiger partial charge >= 0.3 is 0 Å². The fourth-order valence-electron chi connectivity index (χ4n) is 2.85. The zero-order valence-electron chi connectivity index (χ0n) is 17.1. The molecule has 0 unspecified atom stereocenters. The monoisotopic (exact) mass is 393 g/mol. The third-order valence-corrected chi connectivity index (χ3v) is 4.42. The second kappa shape index (κ2) is 10.3. The van der Waals surface area contributed by atoms with Crippen molar-refractivity contribution < 1.29 is 9.26 Å². The highest BCUT2D eigenvalue weighted by Gasteiger charge is 2.09. The molecule has 3 rings (SSSR count). The number of guanidine groups is 1.